The summed E-state index contributed by atoms with van der Waals surface area (Å²) in [5.74, 6) is 0.738. The second kappa shape index (κ2) is 11.0. The standard InChI is InChI=1S/C28H27N3O4S/c29-17-20-6-3-8-22(14-20)19-34-24-10-4-7-21(15-24)18-30-28(32)25-11-5-13-31(25)36(33)27-16-23-9-1-2-12-26(23)35-27/h1-4,6,8-10,12,14-16,21,25H,5,7,11,13,18-19H2,(H,30,32). The molecule has 36 heavy (non-hydrogen) atoms. The Hall–Kier alpha value is -3.51. The van der Waals surface area contributed by atoms with Crippen molar-refractivity contribution in [2.45, 2.75) is 37.0 Å². The van der Waals surface area contributed by atoms with Crippen LogP contribution in [0, 0.1) is 17.2 Å². The molecule has 2 aromatic carbocycles. The van der Waals surface area contributed by atoms with E-state index in [0.717, 1.165) is 29.6 Å². The first-order valence-corrected chi connectivity index (χ1v) is 13.2. The van der Waals surface area contributed by atoms with E-state index < -0.39 is 17.4 Å². The number of hydrogen-bond acceptors (Lipinski definition) is 6. The molecule has 0 bridgehead atoms. The lowest BCUT2D eigenvalue weighted by molar-refractivity contribution is -0.124. The van der Waals surface area contributed by atoms with E-state index in [1.165, 1.54) is 0 Å². The molecule has 1 fully saturated rings. The van der Waals surface area contributed by atoms with Crippen LogP contribution in [-0.4, -0.2) is 33.9 Å². The molecule has 3 atom stereocenters. The lowest BCUT2D eigenvalue weighted by Crippen LogP contribution is -2.46. The molecule has 0 spiro atoms. The zero-order chi connectivity index (χ0) is 24.9. The van der Waals surface area contributed by atoms with Gasteiger partial charge in [0.15, 0.2) is 0 Å². The van der Waals surface area contributed by atoms with Gasteiger partial charge in [-0.1, -0.05) is 36.4 Å². The van der Waals surface area contributed by atoms with Crippen molar-refractivity contribution in [2.24, 2.45) is 5.92 Å². The Morgan fingerprint density at radius 1 is 1.25 bits per heavy atom. The minimum Gasteiger partial charge on any atom is -0.590 e. The molecule has 3 unspecified atom stereocenters. The SMILES string of the molecule is N#Cc1cccc(COC2=CC(CNC(=O)C3CCCN3[S+]([O-])c3cc4ccccc4o3)CC=C2)c1. The van der Waals surface area contributed by atoms with E-state index in [0.29, 0.717) is 42.4 Å². The highest BCUT2D eigenvalue weighted by atomic mass is 32.2. The highest BCUT2D eigenvalue weighted by Gasteiger charge is 2.41. The van der Waals surface area contributed by atoms with Crippen molar-refractivity contribution in [1.29, 1.82) is 5.26 Å². The average molecular weight is 502 g/mol. The third kappa shape index (κ3) is 5.49. The quantitative estimate of drug-likeness (QED) is 0.453. The largest absolute Gasteiger partial charge is 0.590 e. The number of carbonyl (C=O) groups excluding carboxylic acids is 1. The summed E-state index contributed by atoms with van der Waals surface area (Å²) >= 11 is -1.54. The fourth-order valence-corrected chi connectivity index (χ4v) is 5.91. The van der Waals surface area contributed by atoms with Crippen LogP contribution in [0.5, 0.6) is 0 Å². The van der Waals surface area contributed by atoms with Crippen LogP contribution in [0.15, 0.2) is 88.1 Å². The third-order valence-electron chi connectivity index (χ3n) is 6.42. The number of hydrogen-bond donors (Lipinski definition) is 1. The molecule has 1 amide bonds. The maximum absolute atomic E-state index is 13.2. The van der Waals surface area contributed by atoms with Gasteiger partial charge in [0.1, 0.15) is 35.4 Å². The molecule has 0 radical (unpaired) electrons. The zero-order valence-corrected chi connectivity index (χ0v) is 20.6. The van der Waals surface area contributed by atoms with Crippen molar-refractivity contribution in [3.05, 3.63) is 89.7 Å². The second-order valence-electron chi connectivity index (χ2n) is 8.96. The number of nitrogens with one attached hydrogen (secondary N) is 1. The van der Waals surface area contributed by atoms with Gasteiger partial charge in [0.2, 0.25) is 5.91 Å². The van der Waals surface area contributed by atoms with E-state index >= 15 is 0 Å². The van der Waals surface area contributed by atoms with Crippen LogP contribution in [-0.2, 0) is 27.5 Å². The average Bonchev–Trinajstić information content (AvgIpc) is 3.58. The monoisotopic (exact) mass is 501 g/mol. The smallest absolute Gasteiger partial charge is 0.333 e. The normalized spacial score (nSPS) is 20.6. The Balaban J connectivity index is 1.16. The summed E-state index contributed by atoms with van der Waals surface area (Å²) in [6.45, 7) is 1.43. The molecule has 2 aliphatic rings. The van der Waals surface area contributed by atoms with Gasteiger partial charge in [0, 0.05) is 30.5 Å². The van der Waals surface area contributed by atoms with Crippen molar-refractivity contribution < 1.29 is 18.5 Å². The number of fused-ring (bicyclic) bond motifs is 1. The van der Waals surface area contributed by atoms with E-state index in [-0.39, 0.29) is 11.8 Å². The zero-order valence-electron chi connectivity index (χ0n) is 19.8. The highest BCUT2D eigenvalue weighted by molar-refractivity contribution is 7.89. The minimum atomic E-state index is -1.54. The van der Waals surface area contributed by atoms with Gasteiger partial charge in [-0.25, -0.2) is 0 Å². The fraction of sp³-hybridized carbons (Fsp3) is 0.286. The molecule has 0 saturated carbocycles. The first-order valence-electron chi connectivity index (χ1n) is 12.1. The highest BCUT2D eigenvalue weighted by Crippen LogP contribution is 2.30. The van der Waals surface area contributed by atoms with Crippen molar-refractivity contribution in [2.75, 3.05) is 13.1 Å². The summed E-state index contributed by atoms with van der Waals surface area (Å²) in [7, 11) is 0. The van der Waals surface area contributed by atoms with Crippen molar-refractivity contribution in [1.82, 2.24) is 9.62 Å². The summed E-state index contributed by atoms with van der Waals surface area (Å²) < 4.78 is 26.7. The predicted octanol–water partition coefficient (Wildman–Crippen LogP) is 4.58. The Morgan fingerprint density at radius 3 is 3.00 bits per heavy atom. The van der Waals surface area contributed by atoms with Crippen LogP contribution >= 0.6 is 0 Å². The molecule has 1 aliphatic carbocycles. The van der Waals surface area contributed by atoms with Crippen LogP contribution in [0.3, 0.4) is 0 Å². The van der Waals surface area contributed by atoms with Gasteiger partial charge in [0.25, 0.3) is 0 Å². The molecule has 1 aromatic heterocycles. The first-order chi connectivity index (χ1) is 17.6. The molecule has 1 aliphatic heterocycles. The van der Waals surface area contributed by atoms with Gasteiger partial charge in [0.05, 0.1) is 11.6 Å². The van der Waals surface area contributed by atoms with E-state index in [9.17, 15) is 9.35 Å². The maximum Gasteiger partial charge on any atom is 0.333 e. The summed E-state index contributed by atoms with van der Waals surface area (Å²) in [6.07, 6.45) is 8.26. The minimum absolute atomic E-state index is 0.107. The summed E-state index contributed by atoms with van der Waals surface area (Å²) in [4.78, 5) is 13.0. The van der Waals surface area contributed by atoms with E-state index in [2.05, 4.69) is 11.4 Å². The fourth-order valence-electron chi connectivity index (χ4n) is 4.56. The number of allylic oxidation sites excluding steroid dienone is 2. The lowest BCUT2D eigenvalue weighted by atomic mass is 9.99. The topological polar surface area (TPSA) is 102 Å². The number of rotatable bonds is 8. The number of nitriles is 1. The number of carbonyl (C=O) groups is 1. The molecule has 7 nitrogen and oxygen atoms in total. The van der Waals surface area contributed by atoms with E-state index in [1.54, 1.807) is 16.4 Å². The summed E-state index contributed by atoms with van der Waals surface area (Å²) in [6, 6.07) is 18.4. The lowest BCUT2D eigenvalue weighted by Gasteiger charge is -2.24. The molecule has 1 saturated heterocycles. The summed E-state index contributed by atoms with van der Waals surface area (Å²) in [5.41, 5.74) is 2.22. The number of para-hydroxylation sites is 1. The summed E-state index contributed by atoms with van der Waals surface area (Å²) in [5, 5.41) is 13.4. The van der Waals surface area contributed by atoms with Gasteiger partial charge in [-0.2, -0.15) is 5.26 Å². The molecular formula is C28H27N3O4S. The molecule has 3 aromatic rings. The van der Waals surface area contributed by atoms with Crippen LogP contribution in [0.4, 0.5) is 0 Å². The second-order valence-corrected chi connectivity index (χ2v) is 10.3. The number of ether oxygens (including phenoxy) is 1. The molecule has 1 N–H and O–H groups in total. The van der Waals surface area contributed by atoms with Gasteiger partial charge in [-0.15, -0.1) is 4.31 Å². The van der Waals surface area contributed by atoms with Crippen molar-refractivity contribution >= 4 is 28.2 Å². The van der Waals surface area contributed by atoms with E-state index in [1.807, 2.05) is 60.7 Å². The molecule has 5 rings (SSSR count). The predicted molar refractivity (Wildman–Crippen MR) is 137 cm³/mol. The molecular weight excluding hydrogens is 474 g/mol. The molecule has 2 heterocycles. The van der Waals surface area contributed by atoms with Gasteiger partial charge < -0.3 is 19.0 Å². The maximum atomic E-state index is 13.2. The van der Waals surface area contributed by atoms with Gasteiger partial charge in [-0.3, -0.25) is 4.79 Å². The first kappa shape index (κ1) is 24.2. The number of amides is 1. The van der Waals surface area contributed by atoms with Gasteiger partial charge in [-0.05, 0) is 55.2 Å². The number of furan rings is 1. The van der Waals surface area contributed by atoms with Crippen LogP contribution in [0.1, 0.15) is 30.4 Å². The van der Waals surface area contributed by atoms with Crippen molar-refractivity contribution in [3.8, 4) is 6.07 Å². The Labute approximate surface area is 213 Å². The van der Waals surface area contributed by atoms with E-state index in [4.69, 9.17) is 14.4 Å². The molecule has 184 valence electrons. The third-order valence-corrected chi connectivity index (χ3v) is 7.82. The number of nitrogens with zero attached hydrogens (tertiary/aromatic N) is 2. The van der Waals surface area contributed by atoms with Crippen molar-refractivity contribution in [3.63, 3.8) is 0 Å². The van der Waals surface area contributed by atoms with Crippen LogP contribution in [0.2, 0.25) is 0 Å². The Kier molecular flexibility index (Phi) is 7.42. The van der Waals surface area contributed by atoms with Crippen LogP contribution in [0.25, 0.3) is 11.0 Å². The van der Waals surface area contributed by atoms with Crippen LogP contribution < -0.4 is 5.32 Å². The van der Waals surface area contributed by atoms with Gasteiger partial charge >= 0.3 is 5.09 Å². The Bertz CT molecular complexity index is 1310. The Morgan fingerprint density at radius 2 is 2.14 bits per heavy atom. The number of benzene rings is 2. The molecule has 8 heteroatoms.